The van der Waals surface area contributed by atoms with Gasteiger partial charge in [0.15, 0.2) is 5.75 Å². The molecule has 0 amide bonds. The summed E-state index contributed by atoms with van der Waals surface area (Å²) < 4.78 is 13.7. The van der Waals surface area contributed by atoms with Crippen LogP contribution in [0.25, 0.3) is 0 Å². The van der Waals surface area contributed by atoms with E-state index in [-0.39, 0.29) is 5.56 Å². The summed E-state index contributed by atoms with van der Waals surface area (Å²) in [5, 5.41) is 23.4. The van der Waals surface area contributed by atoms with Crippen LogP contribution in [0.2, 0.25) is 0 Å². The van der Waals surface area contributed by atoms with Crippen molar-refractivity contribution in [3.8, 4) is 5.75 Å². The second kappa shape index (κ2) is 4.89. The van der Waals surface area contributed by atoms with Crippen LogP contribution in [0.5, 0.6) is 5.75 Å². The molecule has 0 saturated carbocycles. The van der Waals surface area contributed by atoms with Crippen molar-refractivity contribution in [3.05, 3.63) is 33.6 Å². The number of benzene rings is 1. The van der Waals surface area contributed by atoms with Crippen LogP contribution in [0.4, 0.5) is 10.1 Å². The van der Waals surface area contributed by atoms with Gasteiger partial charge in [-0.2, -0.15) is 11.8 Å². The molecule has 1 aromatic carbocycles. The number of halogens is 1. The van der Waals surface area contributed by atoms with Crippen LogP contribution in [0, 0.1) is 15.9 Å². The highest BCUT2D eigenvalue weighted by atomic mass is 32.2. The number of thioether (sulfide) groups is 1. The first-order chi connectivity index (χ1) is 8.11. The Morgan fingerprint density at radius 2 is 2.35 bits per heavy atom. The Morgan fingerprint density at radius 1 is 1.59 bits per heavy atom. The van der Waals surface area contributed by atoms with Gasteiger partial charge in [-0.15, -0.1) is 0 Å². The van der Waals surface area contributed by atoms with Gasteiger partial charge in [0.2, 0.25) is 0 Å². The van der Waals surface area contributed by atoms with E-state index in [1.807, 2.05) is 0 Å². The van der Waals surface area contributed by atoms with Gasteiger partial charge >= 0.3 is 5.69 Å². The SMILES string of the molecule is O=[N+]([O-])c1c(O)ccc(F)c1C1CSCCN1. The van der Waals surface area contributed by atoms with Crippen LogP contribution in [0.3, 0.4) is 0 Å². The molecule has 7 heteroatoms. The lowest BCUT2D eigenvalue weighted by Crippen LogP contribution is -2.31. The molecular formula is C10H11FN2O3S. The third-order valence-electron chi connectivity index (χ3n) is 2.60. The molecule has 1 atom stereocenters. The molecule has 1 heterocycles. The van der Waals surface area contributed by atoms with Crippen molar-refractivity contribution in [2.45, 2.75) is 6.04 Å². The molecule has 2 rings (SSSR count). The summed E-state index contributed by atoms with van der Waals surface area (Å²) in [6.07, 6.45) is 0. The minimum Gasteiger partial charge on any atom is -0.502 e. The highest BCUT2D eigenvalue weighted by Gasteiger charge is 2.30. The number of phenolic OH excluding ortho intramolecular Hbond substituents is 1. The number of nitrogens with zero attached hydrogens (tertiary/aromatic N) is 1. The fourth-order valence-electron chi connectivity index (χ4n) is 1.85. The predicted octanol–water partition coefficient (Wildman–Crippen LogP) is 1.82. The maximum absolute atomic E-state index is 13.7. The third kappa shape index (κ3) is 2.34. The molecule has 0 spiro atoms. The first-order valence-corrected chi connectivity index (χ1v) is 6.23. The Bertz CT molecular complexity index is 449. The average molecular weight is 258 g/mol. The van der Waals surface area contributed by atoms with Crippen LogP contribution in [0.15, 0.2) is 12.1 Å². The Hall–Kier alpha value is -1.34. The van der Waals surface area contributed by atoms with Gasteiger partial charge in [0.1, 0.15) is 5.82 Å². The maximum Gasteiger partial charge on any atom is 0.318 e. The van der Waals surface area contributed by atoms with Crippen LogP contribution >= 0.6 is 11.8 Å². The van der Waals surface area contributed by atoms with E-state index in [1.165, 1.54) is 0 Å². The second-order valence-electron chi connectivity index (χ2n) is 3.67. The average Bonchev–Trinajstić information content (AvgIpc) is 2.32. The van der Waals surface area contributed by atoms with Gasteiger partial charge in [-0.25, -0.2) is 4.39 Å². The van der Waals surface area contributed by atoms with Crippen molar-refractivity contribution < 1.29 is 14.4 Å². The highest BCUT2D eigenvalue weighted by molar-refractivity contribution is 7.99. The van der Waals surface area contributed by atoms with Gasteiger partial charge in [0.05, 0.1) is 16.5 Å². The fourth-order valence-corrected chi connectivity index (χ4v) is 2.80. The molecule has 2 N–H and O–H groups in total. The lowest BCUT2D eigenvalue weighted by Gasteiger charge is -2.23. The Labute approximate surface area is 101 Å². The minimum absolute atomic E-state index is 0.0535. The van der Waals surface area contributed by atoms with Crippen molar-refractivity contribution in [2.75, 3.05) is 18.1 Å². The molecule has 5 nitrogen and oxygen atoms in total. The van der Waals surface area contributed by atoms with E-state index in [4.69, 9.17) is 0 Å². The molecule has 1 saturated heterocycles. The quantitative estimate of drug-likeness (QED) is 0.625. The molecule has 92 valence electrons. The zero-order valence-electron chi connectivity index (χ0n) is 8.85. The lowest BCUT2D eigenvalue weighted by atomic mass is 10.0. The number of hydrogen-bond donors (Lipinski definition) is 2. The molecule has 17 heavy (non-hydrogen) atoms. The fraction of sp³-hybridized carbons (Fsp3) is 0.400. The molecule has 1 aromatic rings. The smallest absolute Gasteiger partial charge is 0.318 e. The van der Waals surface area contributed by atoms with Gasteiger partial charge in [0.25, 0.3) is 0 Å². The number of rotatable bonds is 2. The summed E-state index contributed by atoms with van der Waals surface area (Å²) in [4.78, 5) is 10.1. The Balaban J connectivity index is 2.49. The second-order valence-corrected chi connectivity index (χ2v) is 4.82. The van der Waals surface area contributed by atoms with Gasteiger partial charge in [-0.05, 0) is 12.1 Å². The third-order valence-corrected chi connectivity index (χ3v) is 3.66. The summed E-state index contributed by atoms with van der Waals surface area (Å²) in [6.45, 7) is 0.668. The summed E-state index contributed by atoms with van der Waals surface area (Å²) >= 11 is 1.60. The van der Waals surface area contributed by atoms with E-state index in [9.17, 15) is 19.6 Å². The topological polar surface area (TPSA) is 75.4 Å². The van der Waals surface area contributed by atoms with Gasteiger partial charge in [0, 0.05) is 18.1 Å². The first kappa shape index (κ1) is 12.1. The minimum atomic E-state index is -0.741. The zero-order chi connectivity index (χ0) is 12.4. The van der Waals surface area contributed by atoms with Crippen molar-refractivity contribution >= 4 is 17.4 Å². The van der Waals surface area contributed by atoms with Gasteiger partial charge < -0.3 is 10.4 Å². The number of aromatic hydroxyl groups is 1. The Kier molecular flexibility index (Phi) is 3.49. The summed E-state index contributed by atoms with van der Waals surface area (Å²) in [5.74, 6) is 0.296. The highest BCUT2D eigenvalue weighted by Crippen LogP contribution is 2.37. The molecular weight excluding hydrogens is 247 g/mol. The number of nitro benzene ring substituents is 1. The van der Waals surface area contributed by atoms with Crippen LogP contribution in [-0.4, -0.2) is 28.1 Å². The molecule has 1 fully saturated rings. The van der Waals surface area contributed by atoms with E-state index in [0.29, 0.717) is 12.3 Å². The Morgan fingerprint density at radius 3 is 2.94 bits per heavy atom. The number of hydrogen-bond acceptors (Lipinski definition) is 5. The standard InChI is InChI=1S/C10H11FN2O3S/c11-6-1-2-8(14)10(13(15)16)9(6)7-5-17-4-3-12-7/h1-2,7,12,14H,3-5H2. The number of nitro groups is 1. The van der Waals surface area contributed by atoms with E-state index >= 15 is 0 Å². The normalized spacial score (nSPS) is 20.2. The molecule has 1 aliphatic heterocycles. The molecule has 0 radical (unpaired) electrons. The van der Waals surface area contributed by atoms with Gasteiger partial charge in [-0.3, -0.25) is 10.1 Å². The van der Waals surface area contributed by atoms with Crippen LogP contribution < -0.4 is 5.32 Å². The van der Waals surface area contributed by atoms with Crippen molar-refractivity contribution in [3.63, 3.8) is 0 Å². The van der Waals surface area contributed by atoms with E-state index in [0.717, 1.165) is 17.9 Å². The monoisotopic (exact) mass is 258 g/mol. The number of nitrogens with one attached hydrogen (secondary N) is 1. The van der Waals surface area contributed by atoms with Crippen LogP contribution in [0.1, 0.15) is 11.6 Å². The predicted molar refractivity (Wildman–Crippen MR) is 62.8 cm³/mol. The maximum atomic E-state index is 13.7. The summed E-state index contributed by atoms with van der Waals surface area (Å²) in [5.41, 5.74) is -0.591. The van der Waals surface area contributed by atoms with Crippen LogP contribution in [-0.2, 0) is 0 Å². The number of phenols is 1. The molecule has 0 aromatic heterocycles. The van der Waals surface area contributed by atoms with Crippen molar-refractivity contribution in [2.24, 2.45) is 0 Å². The molecule has 1 unspecified atom stereocenters. The largest absolute Gasteiger partial charge is 0.502 e. The lowest BCUT2D eigenvalue weighted by molar-refractivity contribution is -0.387. The summed E-state index contributed by atoms with van der Waals surface area (Å²) in [6, 6.07) is 1.63. The van der Waals surface area contributed by atoms with Crippen molar-refractivity contribution in [1.82, 2.24) is 5.32 Å². The van der Waals surface area contributed by atoms with Gasteiger partial charge in [-0.1, -0.05) is 0 Å². The molecule has 1 aliphatic rings. The van der Waals surface area contributed by atoms with E-state index in [1.54, 1.807) is 11.8 Å². The van der Waals surface area contributed by atoms with E-state index in [2.05, 4.69) is 5.32 Å². The zero-order valence-corrected chi connectivity index (χ0v) is 9.67. The van der Waals surface area contributed by atoms with E-state index < -0.39 is 28.2 Å². The van der Waals surface area contributed by atoms with Crippen molar-refractivity contribution in [1.29, 1.82) is 0 Å². The first-order valence-electron chi connectivity index (χ1n) is 5.08. The summed E-state index contributed by atoms with van der Waals surface area (Å²) in [7, 11) is 0. The molecule has 0 aliphatic carbocycles. The molecule has 0 bridgehead atoms.